The first-order chi connectivity index (χ1) is 18.1. The average molecular weight is 545 g/mol. The van der Waals surface area contributed by atoms with E-state index in [0.29, 0.717) is 0 Å². The van der Waals surface area contributed by atoms with Crippen LogP contribution in [-0.4, -0.2) is 45.7 Å². The van der Waals surface area contributed by atoms with Crippen LogP contribution in [0.4, 0.5) is 11.4 Å². The van der Waals surface area contributed by atoms with E-state index < -0.39 is 10.4 Å². The largest absolute Gasteiger partial charge is 0.759 e. The van der Waals surface area contributed by atoms with Gasteiger partial charge >= 0.3 is 0 Å². The monoisotopic (exact) mass is 544 g/mol. The summed E-state index contributed by atoms with van der Waals surface area (Å²) < 4.78 is 35.8. The number of quaternary nitrogens is 2. The highest BCUT2D eigenvalue weighted by molar-refractivity contribution is 7.79. The maximum atomic E-state index is 8.52. The first kappa shape index (κ1) is 28.7. The Hall–Kier alpha value is -3.33. The molecule has 0 unspecified atom stereocenters. The third-order valence-corrected chi connectivity index (χ3v) is 8.53. The molecule has 0 saturated carbocycles. The molecule has 0 saturated heterocycles. The Kier molecular flexibility index (Phi) is 7.36. The zero-order valence-electron chi connectivity index (χ0n) is 23.9. The predicted molar refractivity (Wildman–Crippen MR) is 162 cm³/mol. The minimum absolute atomic E-state index is 0.881. The zero-order valence-corrected chi connectivity index (χ0v) is 24.7. The molecule has 0 fully saturated rings. The van der Waals surface area contributed by atoms with Crippen molar-refractivity contribution in [2.24, 2.45) is 0 Å². The second-order valence-electron chi connectivity index (χ2n) is 11.1. The molecule has 2 heterocycles. The highest BCUT2D eigenvalue weighted by atomic mass is 32.3. The van der Waals surface area contributed by atoms with Crippen LogP contribution in [0.3, 0.4) is 0 Å². The second-order valence-corrected chi connectivity index (χ2v) is 11.9. The van der Waals surface area contributed by atoms with Crippen molar-refractivity contribution in [3.63, 3.8) is 0 Å². The number of benzene rings is 4. The van der Waals surface area contributed by atoms with Crippen LogP contribution in [0.5, 0.6) is 0 Å². The molecule has 0 aromatic heterocycles. The van der Waals surface area contributed by atoms with E-state index in [2.05, 4.69) is 129 Å². The fraction of sp³-hybridized carbons (Fsp3) is 0.250. The number of nitrogens with zero attached hydrogens (tertiary/aromatic N) is 2. The summed E-state index contributed by atoms with van der Waals surface area (Å²) >= 11 is 0. The Morgan fingerprint density at radius 3 is 1.18 bits per heavy atom. The molecule has 6 rings (SSSR count). The van der Waals surface area contributed by atoms with Gasteiger partial charge in [0.05, 0.1) is 39.3 Å². The van der Waals surface area contributed by atoms with Crippen molar-refractivity contribution in [3.8, 4) is 0 Å². The van der Waals surface area contributed by atoms with Crippen LogP contribution in [0.15, 0.2) is 84.2 Å². The van der Waals surface area contributed by atoms with Gasteiger partial charge in [0.2, 0.25) is 0 Å². The predicted octanol–water partition coefficient (Wildman–Crippen LogP) is 7.00. The fourth-order valence-corrected chi connectivity index (χ4v) is 5.80. The van der Waals surface area contributed by atoms with E-state index in [1.807, 2.05) is 0 Å². The van der Waals surface area contributed by atoms with Crippen LogP contribution >= 0.6 is 0 Å². The normalized spacial score (nSPS) is 16.9. The summed E-state index contributed by atoms with van der Waals surface area (Å²) in [6.45, 7) is 8.97. The third kappa shape index (κ3) is 5.16. The lowest BCUT2D eigenvalue weighted by Crippen LogP contribution is -2.36. The number of hydrogen-bond acceptors (Lipinski definition) is 4. The van der Waals surface area contributed by atoms with Gasteiger partial charge in [-0.05, 0) is 47.5 Å². The van der Waals surface area contributed by atoms with Gasteiger partial charge in [-0.1, -0.05) is 48.5 Å². The topological polar surface area (TPSA) is 80.3 Å². The zero-order chi connectivity index (χ0) is 28.9. The second kappa shape index (κ2) is 10.0. The maximum absolute atomic E-state index is 8.52. The van der Waals surface area contributed by atoms with Gasteiger partial charge in [-0.2, -0.15) is 0 Å². The van der Waals surface area contributed by atoms with Crippen molar-refractivity contribution >= 4 is 54.5 Å². The Balaban J connectivity index is 0.000000155. The van der Waals surface area contributed by atoms with E-state index in [1.165, 1.54) is 66.6 Å². The summed E-state index contributed by atoms with van der Waals surface area (Å²) in [5.74, 6) is 0. The summed E-state index contributed by atoms with van der Waals surface area (Å²) in [6.07, 6.45) is 0. The molecule has 0 N–H and O–H groups in total. The molecule has 6 nitrogen and oxygen atoms in total. The van der Waals surface area contributed by atoms with Crippen molar-refractivity contribution in [1.29, 1.82) is 0 Å². The van der Waals surface area contributed by atoms with Gasteiger partial charge < -0.3 is 9.11 Å². The lowest BCUT2D eigenvalue weighted by Gasteiger charge is -2.26. The van der Waals surface area contributed by atoms with Gasteiger partial charge in [0.1, 0.15) is 22.8 Å². The van der Waals surface area contributed by atoms with E-state index in [9.17, 15) is 0 Å². The lowest BCUT2D eigenvalue weighted by atomic mass is 9.99. The Labute approximate surface area is 231 Å². The molecule has 0 radical (unpaired) electrons. The minimum atomic E-state index is -5.17. The molecular formula is C32H36N2O4S. The molecule has 0 amide bonds. The van der Waals surface area contributed by atoms with Crippen LogP contribution in [-0.2, 0) is 10.4 Å². The third-order valence-electron chi connectivity index (χ3n) is 8.53. The molecule has 2 aliphatic heterocycles. The van der Waals surface area contributed by atoms with Crippen molar-refractivity contribution in [3.05, 3.63) is 95.3 Å². The summed E-state index contributed by atoms with van der Waals surface area (Å²) in [4.78, 5) is 0. The van der Waals surface area contributed by atoms with E-state index >= 15 is 0 Å². The summed E-state index contributed by atoms with van der Waals surface area (Å²) in [6, 6.07) is 26.3. The highest BCUT2D eigenvalue weighted by Gasteiger charge is 2.36. The first-order valence-electron chi connectivity index (χ1n) is 12.8. The van der Waals surface area contributed by atoms with Crippen molar-refractivity contribution in [1.82, 2.24) is 8.97 Å². The molecule has 4 aromatic rings. The average Bonchev–Trinajstić information content (AvgIpc) is 3.17. The van der Waals surface area contributed by atoms with Gasteiger partial charge in [-0.15, -0.1) is 0 Å². The van der Waals surface area contributed by atoms with Crippen LogP contribution in [0.1, 0.15) is 38.8 Å². The van der Waals surface area contributed by atoms with E-state index in [4.69, 9.17) is 17.5 Å². The number of rotatable bonds is 0. The van der Waals surface area contributed by atoms with Crippen molar-refractivity contribution < 1.29 is 17.5 Å². The molecular weight excluding hydrogens is 508 g/mol. The smallest absolute Gasteiger partial charge is 0.145 e. The highest BCUT2D eigenvalue weighted by Crippen LogP contribution is 2.46. The van der Waals surface area contributed by atoms with Gasteiger partial charge in [0, 0.05) is 47.5 Å². The minimum Gasteiger partial charge on any atom is -0.759 e. The van der Waals surface area contributed by atoms with Crippen LogP contribution in [0.25, 0.3) is 32.7 Å². The molecule has 0 bridgehead atoms. The fourth-order valence-electron chi connectivity index (χ4n) is 5.80. The molecule has 4 aromatic carbocycles. The molecule has 0 spiro atoms. The van der Waals surface area contributed by atoms with E-state index in [1.54, 1.807) is 0 Å². The van der Waals surface area contributed by atoms with Crippen molar-refractivity contribution in [2.75, 3.05) is 28.2 Å². The van der Waals surface area contributed by atoms with Gasteiger partial charge in [-0.25, -0.2) is 0 Å². The number of fused-ring (bicyclic) bond motifs is 6. The van der Waals surface area contributed by atoms with Crippen LogP contribution in [0, 0.1) is 0 Å². The number of allylic oxidation sites excluding steroid dienone is 4. The maximum Gasteiger partial charge on any atom is 0.145 e. The summed E-state index contributed by atoms with van der Waals surface area (Å²) in [7, 11) is 3.89. The SMILES string of the molecule is CC1=C(C)[N+](C)(C)c2ccc3ccccc3c21.CC1=C(C)[N+](C)(C)c2ccc3ccccc3c21.O=S(=O)([O-])[O-]. The summed E-state index contributed by atoms with van der Waals surface area (Å²) in [5.41, 5.74) is 11.4. The molecule has 7 heteroatoms. The summed E-state index contributed by atoms with van der Waals surface area (Å²) in [5, 5.41) is 5.43. The van der Waals surface area contributed by atoms with Crippen LogP contribution in [0.2, 0.25) is 0 Å². The molecule has 204 valence electrons. The molecule has 39 heavy (non-hydrogen) atoms. The van der Waals surface area contributed by atoms with E-state index in [0.717, 1.165) is 8.97 Å². The number of hydrogen-bond donors (Lipinski definition) is 0. The standard InChI is InChI=1S/2C16H18N.H2O4S/c2*1-11-12(2)17(3,4)15-10-9-13-7-5-6-8-14(13)16(11)15;1-5(2,3)4/h2*5-10H,1-4H3;(H2,1,2,3,4)/q2*+1;/p-2. The lowest BCUT2D eigenvalue weighted by molar-refractivity contribution is 0.352. The Bertz CT molecular complexity index is 1660. The van der Waals surface area contributed by atoms with Crippen molar-refractivity contribution in [2.45, 2.75) is 27.7 Å². The Morgan fingerprint density at radius 2 is 0.846 bits per heavy atom. The van der Waals surface area contributed by atoms with Gasteiger partial charge in [0.25, 0.3) is 0 Å². The molecule has 0 atom stereocenters. The molecule has 0 aliphatic carbocycles. The van der Waals surface area contributed by atoms with Gasteiger partial charge in [0.15, 0.2) is 0 Å². The molecule has 2 aliphatic rings. The Morgan fingerprint density at radius 1 is 0.538 bits per heavy atom. The van der Waals surface area contributed by atoms with E-state index in [-0.39, 0.29) is 0 Å². The van der Waals surface area contributed by atoms with Crippen LogP contribution < -0.4 is 8.97 Å². The quantitative estimate of drug-likeness (QED) is 0.136. The van der Waals surface area contributed by atoms with Gasteiger partial charge in [-0.3, -0.25) is 17.4 Å². The first-order valence-corrected chi connectivity index (χ1v) is 14.2.